The Morgan fingerprint density at radius 3 is 2.48 bits per heavy atom. The molecule has 1 amide bonds. The molecule has 0 aliphatic carbocycles. The second-order valence-corrected chi connectivity index (χ2v) is 8.15. The summed E-state index contributed by atoms with van der Waals surface area (Å²) in [6, 6.07) is 17.1. The summed E-state index contributed by atoms with van der Waals surface area (Å²) in [6.45, 7) is 4.23. The van der Waals surface area contributed by atoms with E-state index >= 15 is 0 Å². The summed E-state index contributed by atoms with van der Waals surface area (Å²) in [5.74, 6) is 2.22. The summed E-state index contributed by atoms with van der Waals surface area (Å²) in [5, 5.41) is 4.69. The van der Waals surface area contributed by atoms with Crippen LogP contribution in [0.15, 0.2) is 59.4 Å². The molecular weight excluding hydrogens is 420 g/mol. The lowest BCUT2D eigenvalue weighted by atomic mass is 9.96. The van der Waals surface area contributed by atoms with Crippen molar-refractivity contribution >= 4 is 5.91 Å². The number of ether oxygens (including phenoxy) is 2. The number of benzene rings is 2. The third-order valence-electron chi connectivity index (χ3n) is 6.06. The minimum Gasteiger partial charge on any atom is -0.497 e. The molecule has 0 saturated carbocycles. The van der Waals surface area contributed by atoms with Gasteiger partial charge in [0.25, 0.3) is 5.91 Å². The first-order valence-corrected chi connectivity index (χ1v) is 11.3. The van der Waals surface area contributed by atoms with Gasteiger partial charge in [0, 0.05) is 31.6 Å². The topological polar surface area (TPSA) is 78.6 Å². The number of hydrogen-bond donors (Lipinski definition) is 0. The highest BCUT2D eigenvalue weighted by Gasteiger charge is 2.28. The zero-order chi connectivity index (χ0) is 23.2. The third kappa shape index (κ3) is 5.27. The van der Waals surface area contributed by atoms with E-state index in [1.54, 1.807) is 28.5 Å². The first-order valence-electron chi connectivity index (χ1n) is 11.3. The van der Waals surface area contributed by atoms with Gasteiger partial charge in [0.05, 0.1) is 13.7 Å². The van der Waals surface area contributed by atoms with Gasteiger partial charge in [-0.2, -0.15) is 5.10 Å². The van der Waals surface area contributed by atoms with Gasteiger partial charge in [0.15, 0.2) is 6.61 Å². The predicted molar refractivity (Wildman–Crippen MR) is 125 cm³/mol. The molecule has 0 radical (unpaired) electrons. The van der Waals surface area contributed by atoms with E-state index in [1.807, 2.05) is 54.3 Å². The van der Waals surface area contributed by atoms with Gasteiger partial charge in [-0.1, -0.05) is 36.4 Å². The second-order valence-electron chi connectivity index (χ2n) is 8.15. The number of hydrogen-bond acceptors (Lipinski definition) is 5. The molecule has 0 bridgehead atoms. The summed E-state index contributed by atoms with van der Waals surface area (Å²) >= 11 is 0. The Labute approximate surface area is 193 Å². The number of piperidine rings is 1. The Bertz CT molecular complexity index is 1130. The molecule has 33 heavy (non-hydrogen) atoms. The minimum atomic E-state index is -0.0819. The van der Waals surface area contributed by atoms with Crippen molar-refractivity contribution in [2.24, 2.45) is 0 Å². The fourth-order valence-corrected chi connectivity index (χ4v) is 4.23. The van der Waals surface area contributed by atoms with Crippen LogP contribution in [0.25, 0.3) is 0 Å². The fourth-order valence-electron chi connectivity index (χ4n) is 4.23. The van der Waals surface area contributed by atoms with Crippen LogP contribution < -0.4 is 15.2 Å². The van der Waals surface area contributed by atoms with Crippen LogP contribution in [0, 0.1) is 0 Å². The van der Waals surface area contributed by atoms with E-state index in [0.29, 0.717) is 37.7 Å². The van der Waals surface area contributed by atoms with Crippen LogP contribution in [0.3, 0.4) is 0 Å². The highest BCUT2D eigenvalue weighted by atomic mass is 16.5. The number of nitrogens with zero attached hydrogens (tertiary/aromatic N) is 4. The lowest BCUT2D eigenvalue weighted by Gasteiger charge is -2.31. The molecule has 8 heteroatoms. The van der Waals surface area contributed by atoms with Gasteiger partial charge in [-0.15, -0.1) is 0 Å². The zero-order valence-electron chi connectivity index (χ0n) is 19.1. The summed E-state index contributed by atoms with van der Waals surface area (Å²) in [5.41, 5.74) is 0.963. The molecule has 0 atom stereocenters. The second kappa shape index (κ2) is 10.4. The smallest absolute Gasteiger partial charge is 0.346 e. The van der Waals surface area contributed by atoms with Crippen molar-refractivity contribution in [1.82, 2.24) is 19.2 Å². The summed E-state index contributed by atoms with van der Waals surface area (Å²) in [4.78, 5) is 27.4. The average Bonchev–Trinajstić information content (AvgIpc) is 3.18. The molecule has 3 aromatic rings. The standard InChI is InChI=1S/C25H30N4O4/c1-3-28-24(26-29(25(28)31)17-19-8-5-4-6-9-19)20-12-14-27(15-13-20)23(30)18-33-22-11-7-10-21(16-22)32-2/h4-11,16,20H,3,12-15,17-18H2,1-2H3. The van der Waals surface area contributed by atoms with Gasteiger partial charge < -0.3 is 14.4 Å². The molecule has 1 aliphatic heterocycles. The summed E-state index contributed by atoms with van der Waals surface area (Å²) in [7, 11) is 1.59. The lowest BCUT2D eigenvalue weighted by molar-refractivity contribution is -0.134. The van der Waals surface area contributed by atoms with Crippen LogP contribution >= 0.6 is 0 Å². The van der Waals surface area contributed by atoms with Crippen molar-refractivity contribution in [3.05, 3.63) is 76.5 Å². The van der Waals surface area contributed by atoms with Crippen molar-refractivity contribution in [3.8, 4) is 11.5 Å². The number of rotatable bonds is 8. The van der Waals surface area contributed by atoms with Crippen LogP contribution in [0.1, 0.15) is 37.1 Å². The maximum Gasteiger partial charge on any atom is 0.346 e. The van der Waals surface area contributed by atoms with E-state index in [2.05, 4.69) is 5.10 Å². The number of carbonyl (C=O) groups excluding carboxylic acids is 1. The highest BCUT2D eigenvalue weighted by Crippen LogP contribution is 2.26. The minimum absolute atomic E-state index is 0.0107. The van der Waals surface area contributed by atoms with Crippen LogP contribution in [0.4, 0.5) is 0 Å². The number of amides is 1. The molecule has 0 unspecified atom stereocenters. The largest absolute Gasteiger partial charge is 0.497 e. The van der Waals surface area contributed by atoms with E-state index < -0.39 is 0 Å². The van der Waals surface area contributed by atoms with Crippen LogP contribution in [-0.2, 0) is 17.9 Å². The van der Waals surface area contributed by atoms with E-state index in [-0.39, 0.29) is 24.1 Å². The third-order valence-corrected chi connectivity index (χ3v) is 6.06. The van der Waals surface area contributed by atoms with Gasteiger partial charge >= 0.3 is 5.69 Å². The first-order chi connectivity index (χ1) is 16.1. The maximum absolute atomic E-state index is 12.9. The van der Waals surface area contributed by atoms with Gasteiger partial charge in [0.1, 0.15) is 17.3 Å². The molecule has 8 nitrogen and oxygen atoms in total. The molecule has 1 fully saturated rings. The van der Waals surface area contributed by atoms with Crippen molar-refractivity contribution in [2.45, 2.75) is 38.8 Å². The molecule has 0 spiro atoms. The number of methoxy groups -OCH3 is 1. The van der Waals surface area contributed by atoms with Gasteiger partial charge in [0.2, 0.25) is 0 Å². The fraction of sp³-hybridized carbons (Fsp3) is 0.400. The number of likely N-dealkylation sites (tertiary alicyclic amines) is 1. The van der Waals surface area contributed by atoms with E-state index in [0.717, 1.165) is 24.2 Å². The average molecular weight is 451 g/mol. The summed E-state index contributed by atoms with van der Waals surface area (Å²) in [6.07, 6.45) is 1.54. The number of aromatic nitrogens is 3. The summed E-state index contributed by atoms with van der Waals surface area (Å²) < 4.78 is 14.2. The highest BCUT2D eigenvalue weighted by molar-refractivity contribution is 5.77. The normalized spacial score (nSPS) is 14.3. The van der Waals surface area contributed by atoms with Gasteiger partial charge in [-0.25, -0.2) is 9.48 Å². The lowest BCUT2D eigenvalue weighted by Crippen LogP contribution is -2.41. The quantitative estimate of drug-likeness (QED) is 0.527. The van der Waals surface area contributed by atoms with E-state index in [4.69, 9.17) is 9.47 Å². The molecule has 2 aromatic carbocycles. The van der Waals surface area contributed by atoms with Crippen molar-refractivity contribution in [1.29, 1.82) is 0 Å². The van der Waals surface area contributed by atoms with E-state index in [9.17, 15) is 9.59 Å². The molecule has 2 heterocycles. The number of carbonyl (C=O) groups is 1. The first kappa shape index (κ1) is 22.6. The molecule has 1 saturated heterocycles. The van der Waals surface area contributed by atoms with Crippen LogP contribution in [-0.4, -0.2) is 52.0 Å². The Hall–Kier alpha value is -3.55. The monoisotopic (exact) mass is 450 g/mol. The predicted octanol–water partition coefficient (Wildman–Crippen LogP) is 2.91. The Morgan fingerprint density at radius 2 is 1.79 bits per heavy atom. The SMILES string of the molecule is CCn1c(C2CCN(C(=O)COc3cccc(OC)c3)CC2)nn(Cc2ccccc2)c1=O. The Balaban J connectivity index is 1.36. The van der Waals surface area contributed by atoms with Crippen molar-refractivity contribution in [3.63, 3.8) is 0 Å². The Kier molecular flexibility index (Phi) is 7.12. The molecule has 174 valence electrons. The van der Waals surface area contributed by atoms with Crippen molar-refractivity contribution < 1.29 is 14.3 Å². The maximum atomic E-state index is 12.9. The van der Waals surface area contributed by atoms with Gasteiger partial charge in [-0.05, 0) is 37.5 Å². The molecule has 1 aliphatic rings. The zero-order valence-corrected chi connectivity index (χ0v) is 19.1. The van der Waals surface area contributed by atoms with Crippen LogP contribution in [0.2, 0.25) is 0 Å². The van der Waals surface area contributed by atoms with E-state index in [1.165, 1.54) is 0 Å². The molecule has 1 aromatic heterocycles. The molecule has 4 rings (SSSR count). The van der Waals surface area contributed by atoms with Crippen LogP contribution in [0.5, 0.6) is 11.5 Å². The van der Waals surface area contributed by atoms with Gasteiger partial charge in [-0.3, -0.25) is 9.36 Å². The molecular formula is C25H30N4O4. The molecule has 0 N–H and O–H groups in total. The Morgan fingerprint density at radius 1 is 1.06 bits per heavy atom. The van der Waals surface area contributed by atoms with Crippen molar-refractivity contribution in [2.75, 3.05) is 26.8 Å².